The van der Waals surface area contributed by atoms with Crippen molar-refractivity contribution in [2.45, 2.75) is 23.8 Å². The molecule has 0 bridgehead atoms. The average molecular weight is 367 g/mol. The first-order valence-corrected chi connectivity index (χ1v) is 8.37. The first-order chi connectivity index (χ1) is 9.34. The molecule has 1 aliphatic rings. The maximum absolute atomic E-state index is 14.1. The highest BCUT2D eigenvalue weighted by Crippen LogP contribution is 2.29. The zero-order chi connectivity index (χ0) is 14.9. The highest BCUT2D eigenvalue weighted by atomic mass is 79.9. The lowest BCUT2D eigenvalue weighted by molar-refractivity contribution is 0.0631. The van der Waals surface area contributed by atoms with Gasteiger partial charge in [0.15, 0.2) is 5.82 Å². The summed E-state index contributed by atoms with van der Waals surface area (Å²) in [6.45, 7) is 1.02. The van der Waals surface area contributed by atoms with E-state index in [4.69, 9.17) is 10.5 Å². The standard InChI is InChI=1S/C12H16BrFN2O3S/c1-16(9-2-4-19-5-3-9)20(17,18)11-7-8(15)6-10(13)12(11)14/h6-7,9H,2-5,15H2,1H3. The van der Waals surface area contributed by atoms with Crippen molar-refractivity contribution in [1.29, 1.82) is 0 Å². The molecule has 1 heterocycles. The highest BCUT2D eigenvalue weighted by Gasteiger charge is 2.32. The number of benzene rings is 1. The lowest BCUT2D eigenvalue weighted by Crippen LogP contribution is -2.40. The van der Waals surface area contributed by atoms with Gasteiger partial charge in [-0.3, -0.25) is 0 Å². The molecular weight excluding hydrogens is 351 g/mol. The number of hydrogen-bond acceptors (Lipinski definition) is 4. The molecule has 0 spiro atoms. The molecule has 8 heteroatoms. The summed E-state index contributed by atoms with van der Waals surface area (Å²) in [5, 5.41) is 0. The summed E-state index contributed by atoms with van der Waals surface area (Å²) in [6, 6.07) is 2.29. The number of sulfonamides is 1. The normalized spacial score (nSPS) is 17.6. The van der Waals surface area contributed by atoms with Gasteiger partial charge >= 0.3 is 0 Å². The molecule has 2 rings (SSSR count). The molecule has 112 valence electrons. The van der Waals surface area contributed by atoms with Crippen LogP contribution in [0.4, 0.5) is 10.1 Å². The second-order valence-electron chi connectivity index (χ2n) is 4.68. The number of rotatable bonds is 3. The second-order valence-corrected chi connectivity index (χ2v) is 7.50. The fourth-order valence-corrected chi connectivity index (χ4v) is 4.32. The Balaban J connectivity index is 2.39. The van der Waals surface area contributed by atoms with Crippen LogP contribution in [0.3, 0.4) is 0 Å². The molecule has 1 saturated heterocycles. The van der Waals surface area contributed by atoms with Crippen molar-refractivity contribution in [2.75, 3.05) is 26.0 Å². The molecule has 0 aromatic heterocycles. The van der Waals surface area contributed by atoms with Crippen molar-refractivity contribution in [3.8, 4) is 0 Å². The molecule has 0 atom stereocenters. The summed E-state index contributed by atoms with van der Waals surface area (Å²) in [7, 11) is -2.46. The van der Waals surface area contributed by atoms with Crippen LogP contribution in [0.5, 0.6) is 0 Å². The molecule has 1 aromatic rings. The van der Waals surface area contributed by atoms with Gasteiger partial charge in [-0.25, -0.2) is 12.8 Å². The predicted molar refractivity (Wildman–Crippen MR) is 77.3 cm³/mol. The minimum absolute atomic E-state index is 0.0384. The topological polar surface area (TPSA) is 72.6 Å². The Labute approximate surface area is 126 Å². The third kappa shape index (κ3) is 2.98. The van der Waals surface area contributed by atoms with E-state index < -0.39 is 20.7 Å². The molecule has 2 N–H and O–H groups in total. The van der Waals surface area contributed by atoms with Gasteiger partial charge < -0.3 is 10.5 Å². The molecule has 0 unspecified atom stereocenters. The Hall–Kier alpha value is -0.700. The highest BCUT2D eigenvalue weighted by molar-refractivity contribution is 9.10. The van der Waals surface area contributed by atoms with Gasteiger partial charge in [0.2, 0.25) is 10.0 Å². The van der Waals surface area contributed by atoms with Crippen LogP contribution < -0.4 is 5.73 Å². The molecular formula is C12H16BrFN2O3S. The Bertz CT molecular complexity index is 603. The van der Waals surface area contributed by atoms with Crippen LogP contribution in [0.2, 0.25) is 0 Å². The van der Waals surface area contributed by atoms with Gasteiger partial charge in [0, 0.05) is 32.0 Å². The van der Waals surface area contributed by atoms with Crippen molar-refractivity contribution in [2.24, 2.45) is 0 Å². The Morgan fingerprint density at radius 2 is 2.00 bits per heavy atom. The van der Waals surface area contributed by atoms with Crippen LogP contribution in [0.25, 0.3) is 0 Å². The smallest absolute Gasteiger partial charge is 0.246 e. The SMILES string of the molecule is CN(C1CCOCC1)S(=O)(=O)c1cc(N)cc(Br)c1F. The molecule has 1 fully saturated rings. The summed E-state index contributed by atoms with van der Waals surface area (Å²) in [4.78, 5) is -0.404. The van der Waals surface area contributed by atoms with E-state index in [-0.39, 0.29) is 16.2 Å². The van der Waals surface area contributed by atoms with Crippen LogP contribution in [0.1, 0.15) is 12.8 Å². The summed E-state index contributed by atoms with van der Waals surface area (Å²) < 4.78 is 45.6. The summed E-state index contributed by atoms with van der Waals surface area (Å²) in [6.07, 6.45) is 1.20. The Morgan fingerprint density at radius 3 is 2.60 bits per heavy atom. The quantitative estimate of drug-likeness (QED) is 0.830. The van der Waals surface area contributed by atoms with Crippen LogP contribution in [0, 0.1) is 5.82 Å². The molecule has 0 aliphatic carbocycles. The van der Waals surface area contributed by atoms with E-state index in [9.17, 15) is 12.8 Å². The van der Waals surface area contributed by atoms with Gasteiger partial charge in [0.25, 0.3) is 0 Å². The lowest BCUT2D eigenvalue weighted by Gasteiger charge is -2.30. The van der Waals surface area contributed by atoms with Gasteiger partial charge in [-0.1, -0.05) is 0 Å². The summed E-state index contributed by atoms with van der Waals surface area (Å²) in [5.41, 5.74) is 5.80. The molecule has 1 aromatic carbocycles. The van der Waals surface area contributed by atoms with Crippen molar-refractivity contribution < 1.29 is 17.5 Å². The minimum atomic E-state index is -3.92. The van der Waals surface area contributed by atoms with E-state index in [1.807, 2.05) is 0 Å². The molecule has 0 amide bonds. The summed E-state index contributed by atoms with van der Waals surface area (Å²) in [5.74, 6) is -0.821. The molecule has 5 nitrogen and oxygen atoms in total. The monoisotopic (exact) mass is 366 g/mol. The van der Waals surface area contributed by atoms with Gasteiger partial charge in [-0.15, -0.1) is 0 Å². The predicted octanol–water partition coefficient (Wildman–Crippen LogP) is 1.97. The zero-order valence-corrected chi connectivity index (χ0v) is 13.4. The lowest BCUT2D eigenvalue weighted by atomic mass is 10.1. The fraction of sp³-hybridized carbons (Fsp3) is 0.500. The van der Waals surface area contributed by atoms with Gasteiger partial charge in [0.1, 0.15) is 4.90 Å². The third-order valence-corrected chi connectivity index (χ3v) is 5.87. The number of halogens is 2. The third-order valence-electron chi connectivity index (χ3n) is 3.38. The van der Waals surface area contributed by atoms with E-state index in [0.29, 0.717) is 26.1 Å². The van der Waals surface area contributed by atoms with Crippen molar-refractivity contribution in [1.82, 2.24) is 4.31 Å². The van der Waals surface area contributed by atoms with Crippen LogP contribution >= 0.6 is 15.9 Å². The Kier molecular flexibility index (Phi) is 4.68. The minimum Gasteiger partial charge on any atom is -0.399 e. The van der Waals surface area contributed by atoms with Crippen LogP contribution in [0.15, 0.2) is 21.5 Å². The Morgan fingerprint density at radius 1 is 1.40 bits per heavy atom. The number of anilines is 1. The number of ether oxygens (including phenoxy) is 1. The number of nitrogen functional groups attached to an aromatic ring is 1. The molecule has 1 aliphatic heterocycles. The van der Waals surface area contributed by atoms with Crippen LogP contribution in [-0.4, -0.2) is 39.0 Å². The number of hydrogen-bond donors (Lipinski definition) is 1. The van der Waals surface area contributed by atoms with E-state index in [2.05, 4.69) is 15.9 Å². The zero-order valence-electron chi connectivity index (χ0n) is 11.0. The van der Waals surface area contributed by atoms with Gasteiger partial charge in [-0.05, 0) is 40.9 Å². The van der Waals surface area contributed by atoms with Gasteiger partial charge in [-0.2, -0.15) is 4.31 Å². The number of nitrogens with two attached hydrogens (primary N) is 1. The van der Waals surface area contributed by atoms with E-state index in [0.717, 1.165) is 6.07 Å². The largest absolute Gasteiger partial charge is 0.399 e. The van der Waals surface area contributed by atoms with E-state index in [1.165, 1.54) is 17.4 Å². The number of nitrogens with zero attached hydrogens (tertiary/aromatic N) is 1. The van der Waals surface area contributed by atoms with Gasteiger partial charge in [0.05, 0.1) is 4.47 Å². The molecule has 0 saturated carbocycles. The fourth-order valence-electron chi connectivity index (χ4n) is 2.17. The maximum Gasteiger partial charge on any atom is 0.246 e. The van der Waals surface area contributed by atoms with Crippen molar-refractivity contribution >= 4 is 31.6 Å². The second kappa shape index (κ2) is 5.97. The average Bonchev–Trinajstić information content (AvgIpc) is 2.42. The summed E-state index contributed by atoms with van der Waals surface area (Å²) >= 11 is 2.98. The van der Waals surface area contributed by atoms with E-state index >= 15 is 0 Å². The molecule has 20 heavy (non-hydrogen) atoms. The first-order valence-electron chi connectivity index (χ1n) is 6.14. The van der Waals surface area contributed by atoms with Crippen molar-refractivity contribution in [3.63, 3.8) is 0 Å². The first kappa shape index (κ1) is 15.7. The van der Waals surface area contributed by atoms with Crippen molar-refractivity contribution in [3.05, 3.63) is 22.4 Å². The maximum atomic E-state index is 14.1. The molecule has 0 radical (unpaired) electrons. The van der Waals surface area contributed by atoms with Crippen LogP contribution in [-0.2, 0) is 14.8 Å². The van der Waals surface area contributed by atoms with E-state index in [1.54, 1.807) is 0 Å².